The number of hydrogen-bond acceptors (Lipinski definition) is 5. The quantitative estimate of drug-likeness (QED) is 0.547. The van der Waals surface area contributed by atoms with E-state index in [1.165, 1.54) is 18.0 Å². The molecule has 6 nitrogen and oxygen atoms in total. The number of benzene rings is 1. The second kappa shape index (κ2) is 11.1. The first-order valence-electron chi connectivity index (χ1n) is 10.9. The van der Waals surface area contributed by atoms with Crippen LogP contribution < -0.4 is 0 Å². The number of carbonyl (C=O) groups is 1. The third-order valence-corrected chi connectivity index (χ3v) is 8.63. The minimum Gasteiger partial charge on any atom is -0.342 e. The number of amides is 1. The first-order valence-corrected chi connectivity index (χ1v) is 13.3. The van der Waals surface area contributed by atoms with Gasteiger partial charge in [-0.15, -0.1) is 0 Å². The number of rotatable bonds is 8. The zero-order valence-corrected chi connectivity index (χ0v) is 19.9. The van der Waals surface area contributed by atoms with Gasteiger partial charge in [-0.05, 0) is 44.4 Å². The van der Waals surface area contributed by atoms with E-state index in [1.807, 2.05) is 49.1 Å². The molecule has 1 aliphatic heterocycles. The van der Waals surface area contributed by atoms with Gasteiger partial charge in [-0.25, -0.2) is 13.4 Å². The van der Waals surface area contributed by atoms with Crippen molar-refractivity contribution in [2.45, 2.75) is 54.7 Å². The zero-order chi connectivity index (χ0) is 22.3. The van der Waals surface area contributed by atoms with E-state index in [0.717, 1.165) is 31.2 Å². The number of hydrogen-bond donors (Lipinski definition) is 0. The predicted molar refractivity (Wildman–Crippen MR) is 124 cm³/mol. The summed E-state index contributed by atoms with van der Waals surface area (Å²) in [5.74, 6) is 0.0317. The van der Waals surface area contributed by atoms with Gasteiger partial charge in [0.05, 0.1) is 5.03 Å². The maximum Gasteiger partial charge on any atom is 0.244 e. The lowest BCUT2D eigenvalue weighted by molar-refractivity contribution is -0.130. The molecule has 1 saturated heterocycles. The highest BCUT2D eigenvalue weighted by molar-refractivity contribution is 8.00. The fraction of sp³-hybridized carbons (Fsp3) is 0.478. The van der Waals surface area contributed by atoms with Crippen molar-refractivity contribution in [2.75, 3.05) is 26.2 Å². The van der Waals surface area contributed by atoms with Crippen LogP contribution in [0.1, 0.15) is 50.3 Å². The largest absolute Gasteiger partial charge is 0.342 e. The molecule has 1 atom stereocenters. The molecule has 0 unspecified atom stereocenters. The van der Waals surface area contributed by atoms with Gasteiger partial charge in [0.1, 0.15) is 10.1 Å². The summed E-state index contributed by atoms with van der Waals surface area (Å²) in [5.41, 5.74) is 0.910. The molecule has 1 aliphatic rings. The Morgan fingerprint density at radius 3 is 2.23 bits per heavy atom. The van der Waals surface area contributed by atoms with Crippen LogP contribution in [0.15, 0.2) is 58.6 Å². The maximum absolute atomic E-state index is 13.2. The Morgan fingerprint density at radius 2 is 1.68 bits per heavy atom. The molecule has 0 aliphatic carbocycles. The number of nitrogens with zero attached hydrogens (tertiary/aromatic N) is 3. The second-order valence-corrected chi connectivity index (χ2v) is 10.6. The highest BCUT2D eigenvalue weighted by atomic mass is 32.2. The summed E-state index contributed by atoms with van der Waals surface area (Å²) < 4.78 is 27.5. The highest BCUT2D eigenvalue weighted by Crippen LogP contribution is 2.36. The van der Waals surface area contributed by atoms with Crippen molar-refractivity contribution in [1.82, 2.24) is 14.2 Å². The SMILES string of the molecule is CCN(CC)C(=O)[C@@H](Sc1ccc(S(=O)(=O)N2CCCCCC2)cn1)c1ccccc1. The molecule has 1 aromatic heterocycles. The molecule has 2 heterocycles. The van der Waals surface area contributed by atoms with Gasteiger partial charge in [0.2, 0.25) is 15.9 Å². The fourth-order valence-corrected chi connectivity index (χ4v) is 6.24. The normalized spacial score (nSPS) is 16.5. The maximum atomic E-state index is 13.2. The summed E-state index contributed by atoms with van der Waals surface area (Å²) in [6, 6.07) is 13.0. The van der Waals surface area contributed by atoms with Crippen molar-refractivity contribution in [2.24, 2.45) is 0 Å². The van der Waals surface area contributed by atoms with E-state index in [9.17, 15) is 13.2 Å². The molecule has 0 bridgehead atoms. The number of thioether (sulfide) groups is 1. The van der Waals surface area contributed by atoms with E-state index in [4.69, 9.17) is 0 Å². The standard InChI is InChI=1S/C23H31N3O3S2/c1-3-25(4-2)23(27)22(19-12-8-7-9-13-19)30-21-15-14-20(18-24-21)31(28,29)26-16-10-5-6-11-17-26/h7-9,12-15,18,22H,3-6,10-11,16-17H2,1-2H3/t22-/m0/s1. The van der Waals surface area contributed by atoms with Crippen molar-refractivity contribution in [3.8, 4) is 0 Å². The number of sulfonamides is 1. The van der Waals surface area contributed by atoms with Crippen molar-refractivity contribution >= 4 is 27.7 Å². The molecule has 3 rings (SSSR count). The van der Waals surface area contributed by atoms with Crippen LogP contribution in [0.3, 0.4) is 0 Å². The number of carbonyl (C=O) groups excluding carboxylic acids is 1. The fourth-order valence-electron chi connectivity index (χ4n) is 3.73. The van der Waals surface area contributed by atoms with E-state index in [2.05, 4.69) is 4.98 Å². The summed E-state index contributed by atoms with van der Waals surface area (Å²) >= 11 is 1.36. The summed E-state index contributed by atoms with van der Waals surface area (Å²) in [7, 11) is -3.53. The van der Waals surface area contributed by atoms with E-state index in [1.54, 1.807) is 16.4 Å². The van der Waals surface area contributed by atoms with Crippen LogP contribution in [0.5, 0.6) is 0 Å². The third-order valence-electron chi connectivity index (χ3n) is 5.55. The minimum atomic E-state index is -3.53. The van der Waals surface area contributed by atoms with Crippen molar-refractivity contribution in [3.63, 3.8) is 0 Å². The lowest BCUT2D eigenvalue weighted by atomic mass is 10.1. The molecule has 0 N–H and O–H groups in total. The Hall–Kier alpha value is -1.90. The smallest absolute Gasteiger partial charge is 0.244 e. The average molecular weight is 462 g/mol. The van der Waals surface area contributed by atoms with Crippen LogP contribution in [-0.2, 0) is 14.8 Å². The predicted octanol–water partition coefficient (Wildman–Crippen LogP) is 4.35. The first kappa shape index (κ1) is 23.8. The van der Waals surface area contributed by atoms with Crippen LogP contribution in [0, 0.1) is 0 Å². The third kappa shape index (κ3) is 5.87. The van der Waals surface area contributed by atoms with E-state index >= 15 is 0 Å². The Kier molecular flexibility index (Phi) is 8.51. The van der Waals surface area contributed by atoms with Gasteiger partial charge in [0.15, 0.2) is 0 Å². The van der Waals surface area contributed by atoms with Gasteiger partial charge in [0.25, 0.3) is 0 Å². The van der Waals surface area contributed by atoms with Crippen LogP contribution in [-0.4, -0.2) is 54.7 Å². The zero-order valence-electron chi connectivity index (χ0n) is 18.2. The monoisotopic (exact) mass is 461 g/mol. The molecule has 8 heteroatoms. The summed E-state index contributed by atoms with van der Waals surface area (Å²) in [5, 5.41) is 0.200. The summed E-state index contributed by atoms with van der Waals surface area (Å²) in [4.78, 5) is 19.6. The molecule has 0 radical (unpaired) electrons. The Balaban J connectivity index is 1.82. The molecule has 1 aromatic carbocycles. The lowest BCUT2D eigenvalue weighted by Gasteiger charge is -2.25. The first-order chi connectivity index (χ1) is 15.0. The van der Waals surface area contributed by atoms with Gasteiger partial charge in [-0.3, -0.25) is 4.79 Å². The molecule has 0 spiro atoms. The molecule has 2 aromatic rings. The van der Waals surface area contributed by atoms with E-state index < -0.39 is 15.3 Å². The van der Waals surface area contributed by atoms with Crippen molar-refractivity contribution in [1.29, 1.82) is 0 Å². The molecular formula is C23H31N3O3S2. The molecule has 1 amide bonds. The van der Waals surface area contributed by atoms with Crippen molar-refractivity contribution in [3.05, 3.63) is 54.2 Å². The molecule has 1 fully saturated rings. The summed E-state index contributed by atoms with van der Waals surface area (Å²) in [6.45, 7) is 6.34. The van der Waals surface area contributed by atoms with Crippen LogP contribution in [0.25, 0.3) is 0 Å². The molecule has 31 heavy (non-hydrogen) atoms. The van der Waals surface area contributed by atoms with Gasteiger partial charge >= 0.3 is 0 Å². The summed E-state index contributed by atoms with van der Waals surface area (Å²) in [6.07, 6.45) is 5.36. The molecule has 0 saturated carbocycles. The van der Waals surface area contributed by atoms with Gasteiger partial charge in [0, 0.05) is 32.4 Å². The number of likely N-dealkylation sites (N-methyl/N-ethyl adjacent to an activating group) is 1. The van der Waals surface area contributed by atoms with E-state index in [0.29, 0.717) is 31.2 Å². The minimum absolute atomic E-state index is 0.0317. The van der Waals surface area contributed by atoms with Gasteiger partial charge in [-0.2, -0.15) is 4.31 Å². The topological polar surface area (TPSA) is 70.6 Å². The van der Waals surface area contributed by atoms with E-state index in [-0.39, 0.29) is 10.8 Å². The van der Waals surface area contributed by atoms with Gasteiger partial charge in [-0.1, -0.05) is 54.9 Å². The van der Waals surface area contributed by atoms with Gasteiger partial charge < -0.3 is 4.90 Å². The van der Waals surface area contributed by atoms with Crippen LogP contribution in [0.2, 0.25) is 0 Å². The lowest BCUT2D eigenvalue weighted by Crippen LogP contribution is -2.34. The van der Waals surface area contributed by atoms with Crippen LogP contribution >= 0.6 is 11.8 Å². The Labute approximate surface area is 190 Å². The van der Waals surface area contributed by atoms with Crippen molar-refractivity contribution < 1.29 is 13.2 Å². The molecule has 168 valence electrons. The Bertz CT molecular complexity index is 938. The average Bonchev–Trinajstić information content (AvgIpc) is 3.09. The number of pyridine rings is 1. The number of aromatic nitrogens is 1. The van der Waals surface area contributed by atoms with Crippen LogP contribution in [0.4, 0.5) is 0 Å². The Morgan fingerprint density at radius 1 is 1.03 bits per heavy atom. The molecular weight excluding hydrogens is 430 g/mol. The highest BCUT2D eigenvalue weighted by Gasteiger charge is 2.28. The second-order valence-electron chi connectivity index (χ2n) is 7.57.